The van der Waals surface area contributed by atoms with E-state index in [1.165, 1.54) is 25.0 Å². The summed E-state index contributed by atoms with van der Waals surface area (Å²) < 4.78 is 13.3. The molecule has 0 saturated carbocycles. The van der Waals surface area contributed by atoms with Gasteiger partial charge < -0.3 is 15.1 Å². The quantitative estimate of drug-likeness (QED) is 0.860. The van der Waals surface area contributed by atoms with Crippen molar-refractivity contribution in [3.8, 4) is 0 Å². The average molecular weight is 383 g/mol. The lowest BCUT2D eigenvalue weighted by molar-refractivity contribution is -0.125. The molecular weight excluding hydrogens is 357 g/mol. The topological polar surface area (TPSA) is 61.4 Å². The Morgan fingerprint density at radius 3 is 2.68 bits per heavy atom. The average Bonchev–Trinajstić information content (AvgIpc) is 3.27. The Balaban J connectivity index is 1.33. The second-order valence-electron chi connectivity index (χ2n) is 7.53. The molecule has 0 unspecified atom stereocenters. The Hall–Kier alpha value is -2.70. The Morgan fingerprint density at radius 2 is 1.93 bits per heavy atom. The third-order valence-corrected chi connectivity index (χ3v) is 5.64. The smallest absolute Gasteiger partial charge is 0.223 e. The summed E-state index contributed by atoms with van der Waals surface area (Å²) in [5.74, 6) is 0.776. The van der Waals surface area contributed by atoms with Crippen molar-refractivity contribution < 1.29 is 9.18 Å². The van der Waals surface area contributed by atoms with Crippen molar-refractivity contribution in [1.29, 1.82) is 0 Å². The van der Waals surface area contributed by atoms with Crippen molar-refractivity contribution in [3.05, 3.63) is 48.2 Å². The number of carbonyl (C=O) groups excluding carboxylic acids is 1. The number of anilines is 2. The molecule has 1 N–H and O–H groups in total. The van der Waals surface area contributed by atoms with Crippen LogP contribution in [0.5, 0.6) is 0 Å². The minimum atomic E-state index is -0.279. The Morgan fingerprint density at radius 1 is 1.14 bits per heavy atom. The van der Waals surface area contributed by atoms with E-state index in [2.05, 4.69) is 25.1 Å². The van der Waals surface area contributed by atoms with Gasteiger partial charge in [-0.25, -0.2) is 14.4 Å². The number of hydrogen-bond donors (Lipinski definition) is 1. The number of amides is 1. The molecule has 6 nitrogen and oxygen atoms in total. The highest BCUT2D eigenvalue weighted by molar-refractivity contribution is 5.79. The van der Waals surface area contributed by atoms with Crippen LogP contribution < -0.4 is 15.1 Å². The molecular formula is C21H26FN5O. The van der Waals surface area contributed by atoms with E-state index in [0.717, 1.165) is 56.1 Å². The number of benzene rings is 1. The van der Waals surface area contributed by atoms with Crippen LogP contribution in [0, 0.1) is 11.7 Å². The molecule has 28 heavy (non-hydrogen) atoms. The lowest BCUT2D eigenvalue weighted by Crippen LogP contribution is -2.41. The van der Waals surface area contributed by atoms with Gasteiger partial charge in [0.2, 0.25) is 5.91 Å². The first-order valence-corrected chi connectivity index (χ1v) is 10.0. The summed E-state index contributed by atoms with van der Waals surface area (Å²) >= 11 is 0. The van der Waals surface area contributed by atoms with Gasteiger partial charge in [-0.2, -0.15) is 0 Å². The van der Waals surface area contributed by atoms with Gasteiger partial charge in [0.25, 0.3) is 0 Å². The zero-order chi connectivity index (χ0) is 19.3. The highest BCUT2D eigenvalue weighted by Gasteiger charge is 2.28. The molecule has 148 valence electrons. The van der Waals surface area contributed by atoms with Crippen LogP contribution in [0.25, 0.3) is 0 Å². The number of rotatable bonds is 5. The van der Waals surface area contributed by atoms with E-state index in [-0.39, 0.29) is 17.6 Å². The summed E-state index contributed by atoms with van der Waals surface area (Å²) in [6.45, 7) is 4.08. The first-order chi connectivity index (χ1) is 13.7. The van der Waals surface area contributed by atoms with E-state index in [4.69, 9.17) is 0 Å². The van der Waals surface area contributed by atoms with Gasteiger partial charge >= 0.3 is 0 Å². The maximum Gasteiger partial charge on any atom is 0.223 e. The summed E-state index contributed by atoms with van der Waals surface area (Å²) in [6, 6.07) is 6.35. The van der Waals surface area contributed by atoms with Gasteiger partial charge in [-0.15, -0.1) is 0 Å². The van der Waals surface area contributed by atoms with Gasteiger partial charge in [0.1, 0.15) is 12.1 Å². The number of piperidine rings is 1. The number of carbonyl (C=O) groups is 1. The fourth-order valence-electron chi connectivity index (χ4n) is 4.07. The Kier molecular flexibility index (Phi) is 5.69. The standard InChI is InChI=1S/C21H26FN5O/c22-18-5-3-4-16(12-18)13-24-21(28)17-6-10-26(11-7-17)19-14-23-15-25-20(19)27-8-1-2-9-27/h3-5,12,14-15,17H,1-2,6-11,13H2,(H,24,28). The van der Waals surface area contributed by atoms with E-state index in [9.17, 15) is 9.18 Å². The zero-order valence-electron chi connectivity index (χ0n) is 16.0. The van der Waals surface area contributed by atoms with E-state index in [1.54, 1.807) is 12.4 Å². The van der Waals surface area contributed by atoms with Crippen LogP contribution in [0.15, 0.2) is 36.8 Å². The fraction of sp³-hybridized carbons (Fsp3) is 0.476. The summed E-state index contributed by atoms with van der Waals surface area (Å²) in [5, 5.41) is 2.95. The Labute approximate surface area is 164 Å². The van der Waals surface area contributed by atoms with E-state index < -0.39 is 0 Å². The van der Waals surface area contributed by atoms with Crippen LogP contribution >= 0.6 is 0 Å². The molecule has 2 aromatic rings. The molecule has 3 heterocycles. The second kappa shape index (κ2) is 8.54. The van der Waals surface area contributed by atoms with Crippen molar-refractivity contribution in [1.82, 2.24) is 15.3 Å². The number of nitrogens with zero attached hydrogens (tertiary/aromatic N) is 4. The predicted octanol–water partition coefficient (Wildman–Crippen LogP) is 2.75. The molecule has 2 aliphatic heterocycles. The molecule has 0 radical (unpaired) electrons. The molecule has 0 aliphatic carbocycles. The molecule has 1 amide bonds. The lowest BCUT2D eigenvalue weighted by atomic mass is 9.95. The van der Waals surface area contributed by atoms with Crippen molar-refractivity contribution in [2.75, 3.05) is 36.0 Å². The number of aromatic nitrogens is 2. The predicted molar refractivity (Wildman–Crippen MR) is 107 cm³/mol. The maximum atomic E-state index is 13.3. The molecule has 7 heteroatoms. The molecule has 0 bridgehead atoms. The summed E-state index contributed by atoms with van der Waals surface area (Å²) in [7, 11) is 0. The summed E-state index contributed by atoms with van der Waals surface area (Å²) in [4.78, 5) is 25.9. The van der Waals surface area contributed by atoms with E-state index >= 15 is 0 Å². The third-order valence-electron chi connectivity index (χ3n) is 5.64. The third kappa shape index (κ3) is 4.24. The molecule has 2 saturated heterocycles. The SMILES string of the molecule is O=C(NCc1cccc(F)c1)C1CCN(c2cncnc2N2CCCC2)CC1. The summed E-state index contributed by atoms with van der Waals surface area (Å²) in [6.07, 6.45) is 7.51. The van der Waals surface area contributed by atoms with E-state index in [1.807, 2.05) is 12.3 Å². The lowest BCUT2D eigenvalue weighted by Gasteiger charge is -2.34. The highest BCUT2D eigenvalue weighted by Crippen LogP contribution is 2.31. The molecule has 2 fully saturated rings. The van der Waals surface area contributed by atoms with Crippen molar-refractivity contribution in [2.45, 2.75) is 32.2 Å². The second-order valence-corrected chi connectivity index (χ2v) is 7.53. The molecule has 2 aliphatic rings. The minimum absolute atomic E-state index is 0.00956. The number of halogens is 1. The van der Waals surface area contributed by atoms with Gasteiger partial charge in [0.15, 0.2) is 5.82 Å². The Bertz CT molecular complexity index is 816. The normalized spacial score (nSPS) is 17.8. The van der Waals surface area contributed by atoms with Crippen molar-refractivity contribution in [3.63, 3.8) is 0 Å². The maximum absolute atomic E-state index is 13.3. The molecule has 4 rings (SSSR count). The number of nitrogens with one attached hydrogen (secondary N) is 1. The van der Waals surface area contributed by atoms with Crippen molar-refractivity contribution in [2.24, 2.45) is 5.92 Å². The van der Waals surface area contributed by atoms with Gasteiger partial charge in [0.05, 0.1) is 11.9 Å². The molecule has 1 aromatic carbocycles. The van der Waals surface area contributed by atoms with Crippen LogP contribution in [0.2, 0.25) is 0 Å². The van der Waals surface area contributed by atoms with Crippen LogP contribution in [-0.2, 0) is 11.3 Å². The number of hydrogen-bond acceptors (Lipinski definition) is 5. The highest BCUT2D eigenvalue weighted by atomic mass is 19.1. The van der Waals surface area contributed by atoms with Crippen LogP contribution in [0.1, 0.15) is 31.2 Å². The largest absolute Gasteiger partial charge is 0.367 e. The fourth-order valence-corrected chi connectivity index (χ4v) is 4.07. The monoisotopic (exact) mass is 383 g/mol. The van der Waals surface area contributed by atoms with Gasteiger partial charge in [-0.3, -0.25) is 4.79 Å². The molecule has 0 spiro atoms. The van der Waals surface area contributed by atoms with Crippen LogP contribution in [0.3, 0.4) is 0 Å². The van der Waals surface area contributed by atoms with Gasteiger partial charge in [0, 0.05) is 38.6 Å². The summed E-state index contributed by atoms with van der Waals surface area (Å²) in [5.41, 5.74) is 1.85. The van der Waals surface area contributed by atoms with Gasteiger partial charge in [-0.05, 0) is 43.4 Å². The van der Waals surface area contributed by atoms with Gasteiger partial charge in [-0.1, -0.05) is 12.1 Å². The molecule has 1 aromatic heterocycles. The van der Waals surface area contributed by atoms with E-state index in [0.29, 0.717) is 6.54 Å². The molecule has 0 atom stereocenters. The zero-order valence-corrected chi connectivity index (χ0v) is 16.0. The van der Waals surface area contributed by atoms with Crippen LogP contribution in [0.4, 0.5) is 15.9 Å². The van der Waals surface area contributed by atoms with Crippen LogP contribution in [-0.4, -0.2) is 42.1 Å². The minimum Gasteiger partial charge on any atom is -0.367 e. The van der Waals surface area contributed by atoms with Crippen molar-refractivity contribution >= 4 is 17.4 Å². The first kappa shape index (κ1) is 18.7. The first-order valence-electron chi connectivity index (χ1n) is 10.0.